The average molecular weight is 686 g/mol. The number of aromatic carboxylic acids is 1. The molecule has 1 aromatic heterocycles. The summed E-state index contributed by atoms with van der Waals surface area (Å²) in [7, 11) is 0. The van der Waals surface area contributed by atoms with Crippen molar-refractivity contribution in [2.75, 3.05) is 10.6 Å². The predicted octanol–water partition coefficient (Wildman–Crippen LogP) is 8.80. The number of hydrogen-bond donors (Lipinski definition) is 4. The molecule has 1 heterocycles. The third-order valence-electron chi connectivity index (χ3n) is 7.90. The van der Waals surface area contributed by atoms with Gasteiger partial charge in [-0.1, -0.05) is 47.5 Å². The number of anilines is 2. The van der Waals surface area contributed by atoms with Crippen LogP contribution in [0, 0.1) is 0 Å². The second-order valence-corrected chi connectivity index (χ2v) is 12.1. The highest BCUT2D eigenvalue weighted by atomic mass is 35.5. The van der Waals surface area contributed by atoms with E-state index in [2.05, 4.69) is 20.9 Å². The molecule has 4 aromatic carbocycles. The lowest BCUT2D eigenvalue weighted by Crippen LogP contribution is -2.41. The molecule has 3 amide bonds. The van der Waals surface area contributed by atoms with Gasteiger partial charge in [-0.25, -0.2) is 14.6 Å². The summed E-state index contributed by atoms with van der Waals surface area (Å²) in [5, 5.41) is 20.5. The number of rotatable bonds is 9. The number of urea groups is 1. The first kappa shape index (κ1) is 32.6. The number of hydrogen-bond acceptors (Lipinski definition) is 6. The van der Waals surface area contributed by atoms with Crippen molar-refractivity contribution in [1.29, 1.82) is 0 Å². The standard InChI is InChI=1S/C36H30Cl2N4O6/c37-30-15-10-25(19-31(30)38)41-36(46)40-24-8-13-26(14-9-24)47-27-11-5-22-18-28(12-6-21(22)17-27)48-33-16-7-23(20-39-33)34(43)42-32-4-2-1-3-29(32)35(44)45/h1-7,10-12,15-20,24,26H,8-9,13-14H2,(H,42,43)(H,44,45)(H2,40,41,46). The van der Waals surface area contributed by atoms with Gasteiger partial charge in [0.05, 0.1) is 33.0 Å². The van der Waals surface area contributed by atoms with Gasteiger partial charge < -0.3 is 30.5 Å². The number of pyridine rings is 1. The zero-order valence-electron chi connectivity index (χ0n) is 25.4. The number of carbonyl (C=O) groups excluding carboxylic acids is 2. The molecular formula is C36H30Cl2N4O6. The summed E-state index contributed by atoms with van der Waals surface area (Å²) in [6.07, 6.45) is 4.63. The Labute approximate surface area is 286 Å². The molecule has 0 unspecified atom stereocenters. The first-order valence-electron chi connectivity index (χ1n) is 15.2. The molecule has 1 fully saturated rings. The Morgan fingerprint density at radius 1 is 0.771 bits per heavy atom. The summed E-state index contributed by atoms with van der Waals surface area (Å²) < 4.78 is 12.2. The number of carbonyl (C=O) groups is 3. The normalized spacial score (nSPS) is 15.7. The molecule has 4 N–H and O–H groups in total. The summed E-state index contributed by atoms with van der Waals surface area (Å²) in [4.78, 5) is 40.8. The van der Waals surface area contributed by atoms with Gasteiger partial charge in [0.25, 0.3) is 5.91 Å². The SMILES string of the molecule is O=C(Nc1ccc(Cl)c(Cl)c1)NC1CCC(Oc2ccc3cc(Oc4ccc(C(=O)Nc5ccccc5C(=O)O)cn4)ccc3c2)CC1. The zero-order chi connectivity index (χ0) is 33.6. The molecule has 244 valence electrons. The van der Waals surface area contributed by atoms with E-state index in [1.54, 1.807) is 42.5 Å². The van der Waals surface area contributed by atoms with Gasteiger partial charge in [-0.2, -0.15) is 0 Å². The predicted molar refractivity (Wildman–Crippen MR) is 185 cm³/mol. The largest absolute Gasteiger partial charge is 0.490 e. The molecule has 0 spiro atoms. The summed E-state index contributed by atoms with van der Waals surface area (Å²) >= 11 is 12.0. The third kappa shape index (κ3) is 8.14. The fourth-order valence-electron chi connectivity index (χ4n) is 5.45. The first-order valence-corrected chi connectivity index (χ1v) is 16.0. The minimum Gasteiger partial charge on any atom is -0.490 e. The molecule has 0 aliphatic heterocycles. The van der Waals surface area contributed by atoms with Crippen molar-refractivity contribution in [2.24, 2.45) is 0 Å². The number of carboxylic acids is 1. The van der Waals surface area contributed by atoms with E-state index in [1.165, 1.54) is 18.3 Å². The second-order valence-electron chi connectivity index (χ2n) is 11.3. The number of ether oxygens (including phenoxy) is 2. The highest BCUT2D eigenvalue weighted by molar-refractivity contribution is 6.42. The fraction of sp³-hybridized carbons (Fsp3) is 0.167. The molecule has 12 heteroatoms. The van der Waals surface area contributed by atoms with E-state index in [0.29, 0.717) is 27.4 Å². The van der Waals surface area contributed by atoms with Crippen molar-refractivity contribution in [3.05, 3.63) is 118 Å². The number of nitrogens with one attached hydrogen (secondary N) is 3. The van der Waals surface area contributed by atoms with Gasteiger partial charge in [-0.05, 0) is 97.1 Å². The lowest BCUT2D eigenvalue weighted by atomic mass is 9.93. The highest BCUT2D eigenvalue weighted by Gasteiger charge is 2.24. The minimum atomic E-state index is -1.13. The van der Waals surface area contributed by atoms with Crippen molar-refractivity contribution in [3.63, 3.8) is 0 Å². The van der Waals surface area contributed by atoms with Crippen LogP contribution in [0.5, 0.6) is 17.4 Å². The van der Waals surface area contributed by atoms with Gasteiger partial charge in [-0.3, -0.25) is 4.79 Å². The van der Waals surface area contributed by atoms with Gasteiger partial charge >= 0.3 is 12.0 Å². The number of amides is 3. The van der Waals surface area contributed by atoms with E-state index in [0.717, 1.165) is 42.2 Å². The Hall–Kier alpha value is -5.32. The molecule has 0 saturated heterocycles. The van der Waals surface area contributed by atoms with Crippen molar-refractivity contribution in [3.8, 4) is 17.4 Å². The molecule has 1 aliphatic carbocycles. The maximum Gasteiger partial charge on any atom is 0.337 e. The van der Waals surface area contributed by atoms with Crippen LogP contribution < -0.4 is 25.4 Å². The van der Waals surface area contributed by atoms with Gasteiger partial charge in [0, 0.05) is 24.0 Å². The zero-order valence-corrected chi connectivity index (χ0v) is 26.9. The Kier molecular flexibility index (Phi) is 9.94. The Balaban J connectivity index is 0.991. The molecule has 0 atom stereocenters. The van der Waals surface area contributed by atoms with Gasteiger partial charge in [-0.15, -0.1) is 0 Å². The maximum absolute atomic E-state index is 12.7. The number of fused-ring (bicyclic) bond motifs is 1. The van der Waals surface area contributed by atoms with Crippen LogP contribution >= 0.6 is 23.2 Å². The molecule has 48 heavy (non-hydrogen) atoms. The van der Waals surface area contributed by atoms with Crippen LogP contribution in [0.3, 0.4) is 0 Å². The second kappa shape index (κ2) is 14.6. The number of aromatic nitrogens is 1. The van der Waals surface area contributed by atoms with Crippen LogP contribution in [0.2, 0.25) is 10.0 Å². The van der Waals surface area contributed by atoms with Crippen LogP contribution in [-0.4, -0.2) is 40.1 Å². The van der Waals surface area contributed by atoms with E-state index in [4.69, 9.17) is 32.7 Å². The van der Waals surface area contributed by atoms with Crippen molar-refractivity contribution >= 4 is 63.3 Å². The molecule has 1 aliphatic rings. The lowest BCUT2D eigenvalue weighted by Gasteiger charge is -2.29. The molecule has 1 saturated carbocycles. The quantitative estimate of drug-likeness (QED) is 0.122. The van der Waals surface area contributed by atoms with Crippen LogP contribution in [0.4, 0.5) is 16.2 Å². The number of nitrogens with zero attached hydrogens (tertiary/aromatic N) is 1. The van der Waals surface area contributed by atoms with E-state index in [9.17, 15) is 19.5 Å². The van der Waals surface area contributed by atoms with Crippen LogP contribution in [0.25, 0.3) is 10.8 Å². The number of para-hydroxylation sites is 1. The molecule has 10 nitrogen and oxygen atoms in total. The minimum absolute atomic E-state index is 0.00474. The third-order valence-corrected chi connectivity index (χ3v) is 8.64. The summed E-state index contributed by atoms with van der Waals surface area (Å²) in [6, 6.07) is 25.6. The smallest absolute Gasteiger partial charge is 0.337 e. The number of halogens is 2. The summed E-state index contributed by atoms with van der Waals surface area (Å²) in [5.41, 5.74) is 1.02. The van der Waals surface area contributed by atoms with Crippen molar-refractivity contribution in [1.82, 2.24) is 10.3 Å². The van der Waals surface area contributed by atoms with Crippen LogP contribution in [0.1, 0.15) is 46.4 Å². The Bertz CT molecular complexity index is 1980. The van der Waals surface area contributed by atoms with Gasteiger partial charge in [0.2, 0.25) is 5.88 Å². The monoisotopic (exact) mass is 684 g/mol. The van der Waals surface area contributed by atoms with E-state index in [1.807, 2.05) is 36.4 Å². The average Bonchev–Trinajstić information content (AvgIpc) is 3.08. The topological polar surface area (TPSA) is 139 Å². The summed E-state index contributed by atoms with van der Waals surface area (Å²) in [6.45, 7) is 0. The molecule has 0 bridgehead atoms. The van der Waals surface area contributed by atoms with E-state index >= 15 is 0 Å². The summed E-state index contributed by atoms with van der Waals surface area (Å²) in [5.74, 6) is 0.0236. The number of benzene rings is 4. The molecule has 6 rings (SSSR count). The number of carboxylic acid groups (broad SMARTS) is 1. The Morgan fingerprint density at radius 3 is 2.21 bits per heavy atom. The molecule has 0 radical (unpaired) electrons. The van der Waals surface area contributed by atoms with Gasteiger partial charge in [0.1, 0.15) is 11.5 Å². The van der Waals surface area contributed by atoms with Crippen molar-refractivity contribution < 1.29 is 29.0 Å². The fourth-order valence-corrected chi connectivity index (χ4v) is 5.75. The van der Waals surface area contributed by atoms with Crippen LogP contribution in [0.15, 0.2) is 97.2 Å². The van der Waals surface area contributed by atoms with E-state index in [-0.39, 0.29) is 35.0 Å². The first-order chi connectivity index (χ1) is 23.2. The van der Waals surface area contributed by atoms with Crippen molar-refractivity contribution in [2.45, 2.75) is 37.8 Å². The lowest BCUT2D eigenvalue weighted by molar-refractivity contribution is 0.0698. The molecule has 5 aromatic rings. The van der Waals surface area contributed by atoms with E-state index < -0.39 is 11.9 Å². The highest BCUT2D eigenvalue weighted by Crippen LogP contribution is 2.30. The Morgan fingerprint density at radius 2 is 1.50 bits per heavy atom. The van der Waals surface area contributed by atoms with Crippen LogP contribution in [-0.2, 0) is 0 Å². The molecular weight excluding hydrogens is 655 g/mol. The van der Waals surface area contributed by atoms with Gasteiger partial charge in [0.15, 0.2) is 0 Å². The maximum atomic E-state index is 12.7.